The van der Waals surface area contributed by atoms with Crippen molar-refractivity contribution >= 4 is 11.8 Å². The Kier molecular flexibility index (Phi) is 1.92. The lowest BCUT2D eigenvalue weighted by molar-refractivity contribution is -0.126. The summed E-state index contributed by atoms with van der Waals surface area (Å²) in [4.78, 5) is 21.9. The molecular formula is C6H11N3O2. The third kappa shape index (κ3) is 1.12. The summed E-state index contributed by atoms with van der Waals surface area (Å²) < 4.78 is 0. The van der Waals surface area contributed by atoms with Gasteiger partial charge in [-0.1, -0.05) is 6.92 Å². The predicted octanol–water partition coefficient (Wildman–Crippen LogP) is -1.35. The van der Waals surface area contributed by atoms with Crippen LogP contribution in [0.15, 0.2) is 0 Å². The van der Waals surface area contributed by atoms with Gasteiger partial charge in [0, 0.05) is 0 Å². The van der Waals surface area contributed by atoms with Gasteiger partial charge in [-0.15, -0.1) is 0 Å². The highest BCUT2D eigenvalue weighted by molar-refractivity contribution is 6.08. The van der Waals surface area contributed by atoms with Crippen molar-refractivity contribution in [2.24, 2.45) is 5.84 Å². The maximum Gasteiger partial charge on any atom is 0.248 e. The molecule has 1 aliphatic rings. The number of nitrogens with two attached hydrogens (primary N) is 1. The summed E-state index contributed by atoms with van der Waals surface area (Å²) in [5.41, 5.74) is 1.51. The molecule has 0 aromatic carbocycles. The Balaban J connectivity index is 2.84. The van der Waals surface area contributed by atoms with E-state index < -0.39 is 5.54 Å². The highest BCUT2D eigenvalue weighted by atomic mass is 16.2. The quantitative estimate of drug-likeness (QED) is 0.263. The zero-order chi connectivity index (χ0) is 8.48. The molecular weight excluding hydrogens is 146 g/mol. The number of carbonyl (C=O) groups excluding carboxylic acids is 2. The summed E-state index contributed by atoms with van der Waals surface area (Å²) in [6.45, 7) is 1.80. The molecule has 1 heterocycles. The molecule has 0 bridgehead atoms. The first-order valence-corrected chi connectivity index (χ1v) is 3.46. The van der Waals surface area contributed by atoms with E-state index in [9.17, 15) is 9.59 Å². The van der Waals surface area contributed by atoms with Crippen LogP contribution in [0, 0.1) is 0 Å². The van der Waals surface area contributed by atoms with E-state index in [-0.39, 0.29) is 18.2 Å². The van der Waals surface area contributed by atoms with Gasteiger partial charge in [0.25, 0.3) is 0 Å². The maximum atomic E-state index is 11.1. The molecule has 1 atom stereocenters. The van der Waals surface area contributed by atoms with E-state index in [0.29, 0.717) is 6.42 Å². The van der Waals surface area contributed by atoms with Crippen molar-refractivity contribution in [2.45, 2.75) is 25.3 Å². The Hall–Kier alpha value is -0.940. The Labute approximate surface area is 64.3 Å². The summed E-state index contributed by atoms with van der Waals surface area (Å²) in [5.74, 6) is 4.57. The summed E-state index contributed by atoms with van der Waals surface area (Å²) >= 11 is 0. The summed E-state index contributed by atoms with van der Waals surface area (Å²) in [7, 11) is 0. The Bertz CT molecular complexity index is 198. The average Bonchev–Trinajstić information content (AvgIpc) is 2.27. The standard InChI is InChI=1S/C6H11N3O2/c1-2-6(9-7)3-4(10)8-5(6)11/h9H,2-3,7H2,1H3,(H,8,10,11). The smallest absolute Gasteiger partial charge is 0.248 e. The first kappa shape index (κ1) is 8.16. The van der Waals surface area contributed by atoms with Gasteiger partial charge in [-0.3, -0.25) is 20.7 Å². The molecule has 0 aromatic heterocycles. The van der Waals surface area contributed by atoms with Crippen LogP contribution in [0.2, 0.25) is 0 Å². The minimum Gasteiger partial charge on any atom is -0.295 e. The molecule has 62 valence electrons. The number of rotatable bonds is 2. The monoisotopic (exact) mass is 157 g/mol. The normalized spacial score (nSPS) is 30.7. The molecule has 1 fully saturated rings. The fourth-order valence-electron chi connectivity index (χ4n) is 1.15. The van der Waals surface area contributed by atoms with Gasteiger partial charge < -0.3 is 0 Å². The third-order valence-corrected chi connectivity index (χ3v) is 2.03. The summed E-state index contributed by atoms with van der Waals surface area (Å²) in [5, 5.41) is 2.19. The summed E-state index contributed by atoms with van der Waals surface area (Å²) in [6, 6.07) is 0. The van der Waals surface area contributed by atoms with Crippen molar-refractivity contribution < 1.29 is 9.59 Å². The fourth-order valence-corrected chi connectivity index (χ4v) is 1.15. The van der Waals surface area contributed by atoms with Crippen LogP contribution in [0.5, 0.6) is 0 Å². The molecule has 11 heavy (non-hydrogen) atoms. The van der Waals surface area contributed by atoms with Crippen molar-refractivity contribution in [1.29, 1.82) is 0 Å². The van der Waals surface area contributed by atoms with Crippen LogP contribution < -0.4 is 16.6 Å². The Morgan fingerprint density at radius 2 is 2.36 bits per heavy atom. The molecule has 5 heteroatoms. The second-order valence-corrected chi connectivity index (χ2v) is 2.63. The molecule has 0 aliphatic carbocycles. The number of amides is 2. The van der Waals surface area contributed by atoms with Gasteiger partial charge in [-0.05, 0) is 6.42 Å². The van der Waals surface area contributed by atoms with E-state index in [1.165, 1.54) is 0 Å². The maximum absolute atomic E-state index is 11.1. The zero-order valence-electron chi connectivity index (χ0n) is 6.31. The van der Waals surface area contributed by atoms with Gasteiger partial charge in [-0.2, -0.15) is 0 Å². The van der Waals surface area contributed by atoms with Crippen molar-refractivity contribution in [2.75, 3.05) is 0 Å². The fraction of sp³-hybridized carbons (Fsp3) is 0.667. The Morgan fingerprint density at radius 1 is 1.73 bits per heavy atom. The minimum atomic E-state index is -0.864. The number of nitrogens with one attached hydrogen (secondary N) is 2. The molecule has 1 aliphatic heterocycles. The topological polar surface area (TPSA) is 84.2 Å². The lowest BCUT2D eigenvalue weighted by Crippen LogP contribution is -2.53. The van der Waals surface area contributed by atoms with E-state index in [2.05, 4.69) is 10.7 Å². The van der Waals surface area contributed by atoms with Crippen LogP contribution in [0.25, 0.3) is 0 Å². The van der Waals surface area contributed by atoms with Gasteiger partial charge in [-0.25, -0.2) is 5.43 Å². The third-order valence-electron chi connectivity index (χ3n) is 2.03. The van der Waals surface area contributed by atoms with E-state index in [0.717, 1.165) is 0 Å². The first-order chi connectivity index (χ1) is 5.14. The van der Waals surface area contributed by atoms with Crippen LogP contribution in [0.3, 0.4) is 0 Å². The van der Waals surface area contributed by atoms with E-state index in [1.807, 2.05) is 0 Å². The second kappa shape index (κ2) is 2.60. The zero-order valence-corrected chi connectivity index (χ0v) is 6.31. The lowest BCUT2D eigenvalue weighted by atomic mass is 9.95. The van der Waals surface area contributed by atoms with Gasteiger partial charge in [0.1, 0.15) is 5.54 Å². The van der Waals surface area contributed by atoms with Crippen molar-refractivity contribution in [3.8, 4) is 0 Å². The van der Waals surface area contributed by atoms with E-state index >= 15 is 0 Å². The molecule has 1 rings (SSSR count). The molecule has 2 amide bonds. The number of hydrogen-bond donors (Lipinski definition) is 3. The van der Waals surface area contributed by atoms with Gasteiger partial charge >= 0.3 is 0 Å². The first-order valence-electron chi connectivity index (χ1n) is 3.46. The lowest BCUT2D eigenvalue weighted by Gasteiger charge is -2.21. The number of hydrogen-bond acceptors (Lipinski definition) is 4. The predicted molar refractivity (Wildman–Crippen MR) is 38.1 cm³/mol. The summed E-state index contributed by atoms with van der Waals surface area (Å²) in [6.07, 6.45) is 0.653. The Morgan fingerprint density at radius 3 is 2.55 bits per heavy atom. The molecule has 5 nitrogen and oxygen atoms in total. The molecule has 0 aromatic rings. The molecule has 0 radical (unpaired) electrons. The average molecular weight is 157 g/mol. The van der Waals surface area contributed by atoms with Gasteiger partial charge in [0.05, 0.1) is 6.42 Å². The van der Waals surface area contributed by atoms with Crippen LogP contribution in [-0.2, 0) is 9.59 Å². The minimum absolute atomic E-state index is 0.138. The van der Waals surface area contributed by atoms with Gasteiger partial charge in [0.2, 0.25) is 11.8 Å². The molecule has 1 saturated heterocycles. The molecule has 1 unspecified atom stereocenters. The van der Waals surface area contributed by atoms with E-state index in [1.54, 1.807) is 6.92 Å². The number of imide groups is 1. The van der Waals surface area contributed by atoms with E-state index in [4.69, 9.17) is 5.84 Å². The van der Waals surface area contributed by atoms with Crippen LogP contribution in [0.1, 0.15) is 19.8 Å². The SMILES string of the molecule is CCC1(NN)CC(=O)NC1=O. The van der Waals surface area contributed by atoms with Crippen molar-refractivity contribution in [1.82, 2.24) is 10.7 Å². The molecule has 4 N–H and O–H groups in total. The van der Waals surface area contributed by atoms with Crippen molar-refractivity contribution in [3.63, 3.8) is 0 Å². The number of carbonyl (C=O) groups is 2. The van der Waals surface area contributed by atoms with Crippen molar-refractivity contribution in [3.05, 3.63) is 0 Å². The van der Waals surface area contributed by atoms with Crippen LogP contribution in [0.4, 0.5) is 0 Å². The second-order valence-electron chi connectivity index (χ2n) is 2.63. The number of hydrazine groups is 1. The highest BCUT2D eigenvalue weighted by Crippen LogP contribution is 2.19. The molecule has 0 spiro atoms. The van der Waals surface area contributed by atoms with Gasteiger partial charge in [0.15, 0.2) is 0 Å². The van der Waals surface area contributed by atoms with Crippen LogP contribution in [-0.4, -0.2) is 17.4 Å². The van der Waals surface area contributed by atoms with Crippen LogP contribution >= 0.6 is 0 Å². The largest absolute Gasteiger partial charge is 0.295 e. The highest BCUT2D eigenvalue weighted by Gasteiger charge is 2.44. The molecule has 0 saturated carbocycles.